The highest BCUT2D eigenvalue weighted by molar-refractivity contribution is 5.88. The molecule has 6 nitrogen and oxygen atoms in total. The van der Waals surface area contributed by atoms with Crippen LogP contribution in [0.15, 0.2) is 0 Å². The fraction of sp³-hybridized carbons (Fsp3) is 0.812. The van der Waals surface area contributed by atoms with Crippen molar-refractivity contribution in [2.45, 2.75) is 46.6 Å². The van der Waals surface area contributed by atoms with Gasteiger partial charge in [-0.2, -0.15) is 0 Å². The van der Waals surface area contributed by atoms with Gasteiger partial charge in [-0.1, -0.05) is 20.8 Å². The molecule has 1 heterocycles. The van der Waals surface area contributed by atoms with Gasteiger partial charge in [-0.3, -0.25) is 14.4 Å². The molecule has 1 fully saturated rings. The SMILES string of the molecule is CC(NC(=O)C1CCCN(C(=O)C(C)(C)C)C1)C(=O)N(C)C. The molecule has 0 aromatic carbocycles. The smallest absolute Gasteiger partial charge is 0.244 e. The summed E-state index contributed by atoms with van der Waals surface area (Å²) in [7, 11) is 3.32. The number of carbonyl (C=O) groups excluding carboxylic acids is 3. The van der Waals surface area contributed by atoms with Crippen molar-refractivity contribution in [3.8, 4) is 0 Å². The third-order valence-electron chi connectivity index (χ3n) is 3.89. The Balaban J connectivity index is 2.63. The first-order valence-electron chi connectivity index (χ1n) is 7.85. The average molecular weight is 311 g/mol. The first-order valence-corrected chi connectivity index (χ1v) is 7.85. The number of nitrogens with one attached hydrogen (secondary N) is 1. The Labute approximate surface area is 133 Å². The van der Waals surface area contributed by atoms with Crippen LogP contribution in [0.25, 0.3) is 0 Å². The molecular formula is C16H29N3O3. The molecule has 126 valence electrons. The molecule has 0 saturated carbocycles. The van der Waals surface area contributed by atoms with Gasteiger partial charge in [0.1, 0.15) is 6.04 Å². The van der Waals surface area contributed by atoms with E-state index in [2.05, 4.69) is 5.32 Å². The molecule has 1 aliphatic heterocycles. The fourth-order valence-electron chi connectivity index (χ4n) is 2.63. The third-order valence-corrected chi connectivity index (χ3v) is 3.89. The Morgan fingerprint density at radius 3 is 2.32 bits per heavy atom. The molecule has 2 atom stereocenters. The second kappa shape index (κ2) is 7.11. The van der Waals surface area contributed by atoms with Crippen molar-refractivity contribution < 1.29 is 14.4 Å². The van der Waals surface area contributed by atoms with Crippen molar-refractivity contribution in [1.82, 2.24) is 15.1 Å². The monoisotopic (exact) mass is 311 g/mol. The maximum atomic E-state index is 12.3. The molecule has 1 aliphatic rings. The molecule has 0 aliphatic carbocycles. The Morgan fingerprint density at radius 1 is 1.23 bits per heavy atom. The number of hydrogen-bond donors (Lipinski definition) is 1. The lowest BCUT2D eigenvalue weighted by atomic mass is 9.91. The molecular weight excluding hydrogens is 282 g/mol. The minimum Gasteiger partial charge on any atom is -0.347 e. The van der Waals surface area contributed by atoms with E-state index < -0.39 is 11.5 Å². The maximum Gasteiger partial charge on any atom is 0.244 e. The summed E-state index contributed by atoms with van der Waals surface area (Å²) >= 11 is 0. The molecule has 2 unspecified atom stereocenters. The predicted octanol–water partition coefficient (Wildman–Crippen LogP) is 0.864. The summed E-state index contributed by atoms with van der Waals surface area (Å²) < 4.78 is 0. The van der Waals surface area contributed by atoms with Crippen LogP contribution in [0.4, 0.5) is 0 Å². The van der Waals surface area contributed by atoms with Crippen molar-refractivity contribution in [3.63, 3.8) is 0 Å². The van der Waals surface area contributed by atoms with E-state index in [0.717, 1.165) is 12.8 Å². The van der Waals surface area contributed by atoms with Crippen LogP contribution >= 0.6 is 0 Å². The van der Waals surface area contributed by atoms with Gasteiger partial charge in [0, 0.05) is 32.6 Å². The second-order valence-electron chi connectivity index (χ2n) is 7.30. The minimum absolute atomic E-state index is 0.0717. The van der Waals surface area contributed by atoms with Gasteiger partial charge >= 0.3 is 0 Å². The highest BCUT2D eigenvalue weighted by atomic mass is 16.2. The highest BCUT2D eigenvalue weighted by Gasteiger charge is 2.34. The quantitative estimate of drug-likeness (QED) is 0.840. The van der Waals surface area contributed by atoms with Crippen LogP contribution < -0.4 is 5.32 Å². The van der Waals surface area contributed by atoms with Crippen molar-refractivity contribution in [3.05, 3.63) is 0 Å². The Bertz CT molecular complexity index is 440. The summed E-state index contributed by atoms with van der Waals surface area (Å²) in [6.45, 7) is 8.47. The molecule has 0 radical (unpaired) electrons. The van der Waals surface area contributed by atoms with E-state index >= 15 is 0 Å². The molecule has 1 rings (SSSR count). The highest BCUT2D eigenvalue weighted by Crippen LogP contribution is 2.23. The van der Waals surface area contributed by atoms with E-state index in [0.29, 0.717) is 13.1 Å². The molecule has 1 saturated heterocycles. The Kier molecular flexibility index (Phi) is 5.97. The summed E-state index contributed by atoms with van der Waals surface area (Å²) in [4.78, 5) is 39.7. The Morgan fingerprint density at radius 2 is 1.82 bits per heavy atom. The summed E-state index contributed by atoms with van der Waals surface area (Å²) in [6.07, 6.45) is 1.57. The number of amides is 3. The first kappa shape index (κ1) is 18.5. The molecule has 0 aromatic heterocycles. The van der Waals surface area contributed by atoms with Crippen LogP contribution in [0.1, 0.15) is 40.5 Å². The molecule has 0 bridgehead atoms. The number of carbonyl (C=O) groups is 3. The number of rotatable bonds is 3. The molecule has 3 amide bonds. The van der Waals surface area contributed by atoms with E-state index in [1.165, 1.54) is 4.90 Å². The van der Waals surface area contributed by atoms with Crippen LogP contribution in [-0.4, -0.2) is 60.7 Å². The number of nitrogens with zero attached hydrogens (tertiary/aromatic N) is 2. The molecule has 22 heavy (non-hydrogen) atoms. The van der Waals surface area contributed by atoms with Gasteiger partial charge in [-0.05, 0) is 19.8 Å². The van der Waals surface area contributed by atoms with Crippen LogP contribution in [0.3, 0.4) is 0 Å². The Hall–Kier alpha value is -1.59. The zero-order chi connectivity index (χ0) is 17.1. The van der Waals surface area contributed by atoms with E-state index in [9.17, 15) is 14.4 Å². The van der Waals surface area contributed by atoms with E-state index in [1.54, 1.807) is 25.9 Å². The van der Waals surface area contributed by atoms with E-state index in [-0.39, 0.29) is 23.6 Å². The summed E-state index contributed by atoms with van der Waals surface area (Å²) in [5.41, 5.74) is -0.438. The first-order chi connectivity index (χ1) is 10.0. The van der Waals surface area contributed by atoms with Crippen LogP contribution in [0.5, 0.6) is 0 Å². The van der Waals surface area contributed by atoms with Gasteiger partial charge in [0.15, 0.2) is 0 Å². The maximum absolute atomic E-state index is 12.3. The van der Waals surface area contributed by atoms with Crippen molar-refractivity contribution in [2.75, 3.05) is 27.2 Å². The van der Waals surface area contributed by atoms with Gasteiger partial charge < -0.3 is 15.1 Å². The zero-order valence-corrected chi connectivity index (χ0v) is 14.6. The normalized spacial score (nSPS) is 20.3. The number of piperidine rings is 1. The third kappa shape index (κ3) is 4.71. The molecule has 0 aromatic rings. The van der Waals surface area contributed by atoms with Crippen LogP contribution in [0.2, 0.25) is 0 Å². The van der Waals surface area contributed by atoms with Gasteiger partial charge in [-0.15, -0.1) is 0 Å². The summed E-state index contributed by atoms with van der Waals surface area (Å²) in [5, 5.41) is 2.76. The topological polar surface area (TPSA) is 69.7 Å². The fourth-order valence-corrected chi connectivity index (χ4v) is 2.63. The summed E-state index contributed by atoms with van der Waals surface area (Å²) in [5.74, 6) is -0.444. The zero-order valence-electron chi connectivity index (χ0n) is 14.6. The van der Waals surface area contributed by atoms with Crippen LogP contribution in [-0.2, 0) is 14.4 Å². The van der Waals surface area contributed by atoms with Gasteiger partial charge in [0.2, 0.25) is 17.7 Å². The van der Waals surface area contributed by atoms with Crippen molar-refractivity contribution >= 4 is 17.7 Å². The standard InChI is InChI=1S/C16H29N3O3/c1-11(14(21)18(5)6)17-13(20)12-8-7-9-19(10-12)15(22)16(2,3)4/h11-12H,7-10H2,1-6H3,(H,17,20). The van der Waals surface area contributed by atoms with E-state index in [4.69, 9.17) is 0 Å². The number of likely N-dealkylation sites (N-methyl/N-ethyl adjacent to an activating group) is 1. The molecule has 0 spiro atoms. The summed E-state index contributed by atoms with van der Waals surface area (Å²) in [6, 6.07) is -0.545. The lowest BCUT2D eigenvalue weighted by Gasteiger charge is -2.36. The van der Waals surface area contributed by atoms with Crippen molar-refractivity contribution in [1.29, 1.82) is 0 Å². The predicted molar refractivity (Wildman–Crippen MR) is 85.1 cm³/mol. The van der Waals surface area contributed by atoms with Gasteiger partial charge in [-0.25, -0.2) is 0 Å². The van der Waals surface area contributed by atoms with Gasteiger partial charge in [0.25, 0.3) is 0 Å². The van der Waals surface area contributed by atoms with Gasteiger partial charge in [0.05, 0.1) is 5.92 Å². The minimum atomic E-state index is -0.545. The second-order valence-corrected chi connectivity index (χ2v) is 7.30. The lowest BCUT2D eigenvalue weighted by Crippen LogP contribution is -2.51. The van der Waals surface area contributed by atoms with Crippen LogP contribution in [0, 0.1) is 11.3 Å². The lowest BCUT2D eigenvalue weighted by molar-refractivity contribution is -0.143. The number of likely N-dealkylation sites (tertiary alicyclic amines) is 1. The van der Waals surface area contributed by atoms with E-state index in [1.807, 2.05) is 20.8 Å². The number of hydrogen-bond acceptors (Lipinski definition) is 3. The van der Waals surface area contributed by atoms with Crippen molar-refractivity contribution in [2.24, 2.45) is 11.3 Å². The average Bonchev–Trinajstić information content (AvgIpc) is 2.44. The largest absolute Gasteiger partial charge is 0.347 e. The molecule has 1 N–H and O–H groups in total. The molecule has 6 heteroatoms.